The third-order valence-corrected chi connectivity index (χ3v) is 2.64. The van der Waals surface area contributed by atoms with Crippen molar-refractivity contribution in [1.82, 2.24) is 0 Å². The average Bonchev–Trinajstić information content (AvgIpc) is 2.47. The van der Waals surface area contributed by atoms with Crippen LogP contribution >= 0.6 is 0 Å². The predicted molar refractivity (Wildman–Crippen MR) is 52.5 cm³/mol. The van der Waals surface area contributed by atoms with E-state index in [1.807, 2.05) is 6.07 Å². The highest BCUT2D eigenvalue weighted by atomic mass is 19.1. The molecule has 2 heteroatoms. The fourth-order valence-corrected chi connectivity index (χ4v) is 1.85. The van der Waals surface area contributed by atoms with E-state index in [0.29, 0.717) is 18.4 Å². The zero-order valence-corrected chi connectivity index (χ0v) is 7.79. The van der Waals surface area contributed by atoms with Crippen LogP contribution in [-0.4, -0.2) is 5.78 Å². The van der Waals surface area contributed by atoms with Gasteiger partial charge >= 0.3 is 0 Å². The van der Waals surface area contributed by atoms with Gasteiger partial charge in [-0.1, -0.05) is 18.7 Å². The second kappa shape index (κ2) is 3.37. The Morgan fingerprint density at radius 1 is 1.36 bits per heavy atom. The van der Waals surface area contributed by atoms with Crippen LogP contribution in [0.4, 0.5) is 4.39 Å². The van der Waals surface area contributed by atoms with Crippen LogP contribution < -0.4 is 0 Å². The van der Waals surface area contributed by atoms with Crippen LogP contribution in [0.1, 0.15) is 24.3 Å². The quantitative estimate of drug-likeness (QED) is 0.622. The first-order chi connectivity index (χ1) is 6.66. The van der Waals surface area contributed by atoms with Crippen LogP contribution in [0.5, 0.6) is 0 Å². The van der Waals surface area contributed by atoms with E-state index in [-0.39, 0.29) is 17.5 Å². The summed E-state index contributed by atoms with van der Waals surface area (Å²) in [5, 5.41) is 0. The molecule has 1 atom stereocenters. The highest BCUT2D eigenvalue weighted by molar-refractivity contribution is 5.97. The van der Waals surface area contributed by atoms with E-state index in [1.165, 1.54) is 12.1 Å². The molecule has 0 amide bonds. The minimum atomic E-state index is -0.243. The Balaban J connectivity index is 2.25. The highest BCUT2D eigenvalue weighted by Crippen LogP contribution is 2.34. The first-order valence-electron chi connectivity index (χ1n) is 4.63. The summed E-state index contributed by atoms with van der Waals surface area (Å²) in [5.74, 6) is -0.00239. The Labute approximate surface area is 82.3 Å². The molecule has 0 heterocycles. The molecule has 0 bridgehead atoms. The first-order valence-corrected chi connectivity index (χ1v) is 4.63. The molecule has 14 heavy (non-hydrogen) atoms. The largest absolute Gasteiger partial charge is 0.295 e. The third kappa shape index (κ3) is 1.60. The number of carbonyl (C=O) groups is 1. The zero-order chi connectivity index (χ0) is 10.1. The molecular formula is C12H11FO. The van der Waals surface area contributed by atoms with E-state index in [4.69, 9.17) is 0 Å². The Morgan fingerprint density at radius 3 is 2.71 bits per heavy atom. The third-order valence-electron chi connectivity index (χ3n) is 2.64. The lowest BCUT2D eigenvalue weighted by atomic mass is 9.97. The summed E-state index contributed by atoms with van der Waals surface area (Å²) in [7, 11) is 0. The summed E-state index contributed by atoms with van der Waals surface area (Å²) in [4.78, 5) is 11.2. The molecule has 1 unspecified atom stereocenters. The lowest BCUT2D eigenvalue weighted by Gasteiger charge is -2.07. The second-order valence-corrected chi connectivity index (χ2v) is 3.69. The molecule has 0 spiro atoms. The van der Waals surface area contributed by atoms with Crippen molar-refractivity contribution < 1.29 is 9.18 Å². The molecule has 1 aliphatic rings. The Kier molecular flexibility index (Phi) is 2.20. The molecule has 0 aliphatic heterocycles. The fraction of sp³-hybridized carbons (Fsp3) is 0.250. The maximum atomic E-state index is 12.9. The van der Waals surface area contributed by atoms with Gasteiger partial charge in [0, 0.05) is 6.42 Å². The molecule has 0 radical (unpaired) electrons. The number of benzene rings is 1. The minimum absolute atomic E-state index is 0.110. The summed E-state index contributed by atoms with van der Waals surface area (Å²) in [6.45, 7) is 3.69. The molecule has 1 saturated carbocycles. The van der Waals surface area contributed by atoms with Crippen molar-refractivity contribution in [1.29, 1.82) is 0 Å². The smallest absolute Gasteiger partial charge is 0.158 e. The summed E-state index contributed by atoms with van der Waals surface area (Å²) < 4.78 is 12.9. The van der Waals surface area contributed by atoms with Gasteiger partial charge in [0.15, 0.2) is 5.78 Å². The van der Waals surface area contributed by atoms with Gasteiger partial charge in [0.05, 0.1) is 0 Å². The number of rotatable bonds is 1. The second-order valence-electron chi connectivity index (χ2n) is 3.69. The van der Waals surface area contributed by atoms with Crippen LogP contribution in [0.3, 0.4) is 0 Å². The molecule has 1 nitrogen and oxygen atoms in total. The SMILES string of the molecule is C=C1CC(c2cccc(F)c2)CC1=O. The number of allylic oxidation sites excluding steroid dienone is 1. The van der Waals surface area contributed by atoms with Crippen molar-refractivity contribution in [2.75, 3.05) is 0 Å². The topological polar surface area (TPSA) is 17.1 Å². The first kappa shape index (κ1) is 9.13. The lowest BCUT2D eigenvalue weighted by molar-refractivity contribution is -0.114. The highest BCUT2D eigenvalue weighted by Gasteiger charge is 2.26. The molecule has 0 aromatic heterocycles. The van der Waals surface area contributed by atoms with Crippen molar-refractivity contribution in [2.45, 2.75) is 18.8 Å². The maximum Gasteiger partial charge on any atom is 0.158 e. The number of carbonyl (C=O) groups excluding carboxylic acids is 1. The number of hydrogen-bond donors (Lipinski definition) is 0. The number of hydrogen-bond acceptors (Lipinski definition) is 1. The molecule has 1 aromatic carbocycles. The molecule has 1 aliphatic carbocycles. The number of Topliss-reactive ketones (excluding diaryl/α,β-unsaturated/α-hetero) is 1. The van der Waals surface area contributed by atoms with Gasteiger partial charge in [-0.15, -0.1) is 0 Å². The Bertz CT molecular complexity index is 379. The van der Waals surface area contributed by atoms with E-state index in [9.17, 15) is 9.18 Å². The standard InChI is InChI=1S/C12H11FO/c1-8-5-10(7-12(8)14)9-3-2-4-11(13)6-9/h2-4,6,10H,1,5,7H2. The summed E-state index contributed by atoms with van der Waals surface area (Å²) in [6, 6.07) is 6.45. The predicted octanol–water partition coefficient (Wildman–Crippen LogP) is 2.83. The van der Waals surface area contributed by atoms with Crippen LogP contribution in [0.15, 0.2) is 36.4 Å². The van der Waals surface area contributed by atoms with Gasteiger partial charge in [0.25, 0.3) is 0 Å². The summed E-state index contributed by atoms with van der Waals surface area (Å²) >= 11 is 0. The van der Waals surface area contributed by atoms with Crippen molar-refractivity contribution in [2.24, 2.45) is 0 Å². The van der Waals surface area contributed by atoms with Crippen molar-refractivity contribution in [3.63, 3.8) is 0 Å². The van der Waals surface area contributed by atoms with E-state index in [2.05, 4.69) is 6.58 Å². The monoisotopic (exact) mass is 190 g/mol. The molecule has 0 saturated heterocycles. The Morgan fingerprint density at radius 2 is 2.14 bits per heavy atom. The molecule has 1 fully saturated rings. The van der Waals surface area contributed by atoms with Crippen LogP contribution in [0, 0.1) is 5.82 Å². The van der Waals surface area contributed by atoms with Crippen LogP contribution in [-0.2, 0) is 4.79 Å². The van der Waals surface area contributed by atoms with Gasteiger partial charge in [-0.3, -0.25) is 4.79 Å². The van der Waals surface area contributed by atoms with Gasteiger partial charge in [-0.2, -0.15) is 0 Å². The van der Waals surface area contributed by atoms with Crippen molar-refractivity contribution in [3.05, 3.63) is 47.8 Å². The van der Waals surface area contributed by atoms with Gasteiger partial charge in [0.1, 0.15) is 5.82 Å². The minimum Gasteiger partial charge on any atom is -0.295 e. The Hall–Kier alpha value is -1.44. The summed E-state index contributed by atoms with van der Waals surface area (Å²) in [6.07, 6.45) is 1.14. The normalized spacial score (nSPS) is 21.6. The number of ketones is 1. The van der Waals surface area contributed by atoms with Gasteiger partial charge < -0.3 is 0 Å². The van der Waals surface area contributed by atoms with Crippen molar-refractivity contribution >= 4 is 5.78 Å². The van der Waals surface area contributed by atoms with Crippen LogP contribution in [0.25, 0.3) is 0 Å². The molecule has 72 valence electrons. The summed E-state index contributed by atoms with van der Waals surface area (Å²) in [5.41, 5.74) is 1.57. The average molecular weight is 190 g/mol. The van der Waals surface area contributed by atoms with Gasteiger partial charge in [0.2, 0.25) is 0 Å². The molecule has 1 aromatic rings. The van der Waals surface area contributed by atoms with E-state index in [1.54, 1.807) is 6.07 Å². The van der Waals surface area contributed by atoms with E-state index in [0.717, 1.165) is 5.56 Å². The lowest BCUT2D eigenvalue weighted by Crippen LogP contribution is -1.94. The molecule has 2 rings (SSSR count). The molecular weight excluding hydrogens is 179 g/mol. The zero-order valence-electron chi connectivity index (χ0n) is 7.79. The maximum absolute atomic E-state index is 12.9. The van der Waals surface area contributed by atoms with E-state index >= 15 is 0 Å². The van der Waals surface area contributed by atoms with Gasteiger partial charge in [-0.25, -0.2) is 4.39 Å². The van der Waals surface area contributed by atoms with E-state index < -0.39 is 0 Å². The van der Waals surface area contributed by atoms with Gasteiger partial charge in [-0.05, 0) is 35.6 Å². The van der Waals surface area contributed by atoms with Crippen molar-refractivity contribution in [3.8, 4) is 0 Å². The van der Waals surface area contributed by atoms with Crippen LogP contribution in [0.2, 0.25) is 0 Å². The molecule has 0 N–H and O–H groups in total. The fourth-order valence-electron chi connectivity index (χ4n) is 1.85. The number of halogens is 1.